The highest BCUT2D eigenvalue weighted by Gasteiger charge is 2.12. The van der Waals surface area contributed by atoms with Gasteiger partial charge in [0.1, 0.15) is 23.9 Å². The number of furan rings is 1. The molecule has 0 aliphatic heterocycles. The molecule has 7 nitrogen and oxygen atoms in total. The number of aryl methyl sites for hydroxylation is 2. The maximum Gasteiger partial charge on any atom is 0.287 e. The van der Waals surface area contributed by atoms with Crippen molar-refractivity contribution in [3.05, 3.63) is 65.4 Å². The highest BCUT2D eigenvalue weighted by Crippen LogP contribution is 2.19. The minimum absolute atomic E-state index is 0.239. The summed E-state index contributed by atoms with van der Waals surface area (Å²) >= 11 is 0. The summed E-state index contributed by atoms with van der Waals surface area (Å²) in [6.45, 7) is 5.11. The second kappa shape index (κ2) is 8.44. The predicted octanol–water partition coefficient (Wildman–Crippen LogP) is 3.23. The van der Waals surface area contributed by atoms with Gasteiger partial charge in [-0.3, -0.25) is 9.48 Å². The molecule has 0 aliphatic carbocycles. The molecule has 0 unspecified atom stereocenters. The molecule has 3 aromatic rings. The van der Waals surface area contributed by atoms with Crippen LogP contribution in [0.5, 0.6) is 11.5 Å². The molecule has 1 amide bonds. The van der Waals surface area contributed by atoms with Gasteiger partial charge >= 0.3 is 0 Å². The lowest BCUT2D eigenvalue weighted by atomic mass is 10.2. The van der Waals surface area contributed by atoms with Crippen LogP contribution in [-0.4, -0.2) is 22.3 Å². The fraction of sp³-hybridized carbons (Fsp3) is 0.300. The Morgan fingerprint density at radius 1 is 1.15 bits per heavy atom. The van der Waals surface area contributed by atoms with Crippen molar-refractivity contribution in [3.63, 3.8) is 0 Å². The van der Waals surface area contributed by atoms with Gasteiger partial charge in [-0.2, -0.15) is 5.10 Å². The molecule has 0 fully saturated rings. The number of nitrogens with one attached hydrogen (secondary N) is 1. The predicted molar refractivity (Wildman–Crippen MR) is 99.8 cm³/mol. The number of hydrogen-bond donors (Lipinski definition) is 1. The molecule has 0 aliphatic rings. The Hall–Kier alpha value is -3.22. The van der Waals surface area contributed by atoms with E-state index in [9.17, 15) is 4.79 Å². The molecule has 142 valence electrons. The van der Waals surface area contributed by atoms with E-state index in [0.717, 1.165) is 17.0 Å². The summed E-state index contributed by atoms with van der Waals surface area (Å²) in [5, 5.41) is 7.09. The van der Waals surface area contributed by atoms with Gasteiger partial charge in [0.05, 0.1) is 12.3 Å². The molecule has 7 heteroatoms. The van der Waals surface area contributed by atoms with Crippen molar-refractivity contribution in [3.8, 4) is 11.5 Å². The van der Waals surface area contributed by atoms with Crippen LogP contribution in [-0.2, 0) is 20.2 Å². The van der Waals surface area contributed by atoms with Gasteiger partial charge in [0.15, 0.2) is 5.76 Å². The number of hydrogen-bond acceptors (Lipinski definition) is 5. The van der Waals surface area contributed by atoms with Crippen LogP contribution in [0, 0.1) is 6.92 Å². The molecule has 1 N–H and O–H groups in total. The molecule has 0 bridgehead atoms. The number of amides is 1. The van der Waals surface area contributed by atoms with Crippen LogP contribution in [0.3, 0.4) is 0 Å². The standard InChI is InChI=1S/C20H23N3O4/c1-4-25-16-5-7-17(8-6-16)26-13-18-9-10-19(27-18)20(24)21-11-15-12-23(3)22-14(15)2/h5-10,12H,4,11,13H2,1-3H3,(H,21,24). The molecule has 0 radical (unpaired) electrons. The quantitative estimate of drug-likeness (QED) is 0.659. The minimum Gasteiger partial charge on any atom is -0.494 e. The summed E-state index contributed by atoms with van der Waals surface area (Å²) in [6, 6.07) is 10.7. The number of ether oxygens (including phenoxy) is 2. The summed E-state index contributed by atoms with van der Waals surface area (Å²) in [4.78, 5) is 12.2. The molecule has 0 spiro atoms. The Morgan fingerprint density at radius 3 is 2.48 bits per heavy atom. The fourth-order valence-electron chi connectivity index (χ4n) is 2.62. The van der Waals surface area contributed by atoms with Gasteiger partial charge in [0, 0.05) is 25.4 Å². The van der Waals surface area contributed by atoms with Crippen LogP contribution < -0.4 is 14.8 Å². The summed E-state index contributed by atoms with van der Waals surface area (Å²) < 4.78 is 18.4. The number of carbonyl (C=O) groups is 1. The zero-order valence-corrected chi connectivity index (χ0v) is 15.7. The molecular formula is C20H23N3O4. The van der Waals surface area contributed by atoms with E-state index in [0.29, 0.717) is 24.7 Å². The first-order valence-corrected chi connectivity index (χ1v) is 8.77. The largest absolute Gasteiger partial charge is 0.494 e. The van der Waals surface area contributed by atoms with Gasteiger partial charge in [0.25, 0.3) is 5.91 Å². The van der Waals surface area contributed by atoms with Gasteiger partial charge in [-0.15, -0.1) is 0 Å². The van der Waals surface area contributed by atoms with E-state index in [4.69, 9.17) is 13.9 Å². The molecule has 3 rings (SSSR count). The van der Waals surface area contributed by atoms with Gasteiger partial charge < -0.3 is 19.2 Å². The van der Waals surface area contributed by atoms with E-state index >= 15 is 0 Å². The third-order valence-electron chi connectivity index (χ3n) is 3.96. The van der Waals surface area contributed by atoms with E-state index in [1.807, 2.05) is 51.4 Å². The molecular weight excluding hydrogens is 346 g/mol. The maximum atomic E-state index is 12.2. The normalized spacial score (nSPS) is 10.6. The van der Waals surface area contributed by atoms with E-state index in [-0.39, 0.29) is 18.3 Å². The van der Waals surface area contributed by atoms with Gasteiger partial charge in [-0.25, -0.2) is 0 Å². The third kappa shape index (κ3) is 4.91. The zero-order valence-electron chi connectivity index (χ0n) is 15.7. The molecule has 1 aromatic carbocycles. The first kappa shape index (κ1) is 18.6. The second-order valence-electron chi connectivity index (χ2n) is 6.06. The van der Waals surface area contributed by atoms with Crippen LogP contribution in [0.4, 0.5) is 0 Å². The number of rotatable bonds is 8. The van der Waals surface area contributed by atoms with Crippen molar-refractivity contribution in [2.45, 2.75) is 27.0 Å². The molecule has 2 heterocycles. The van der Waals surface area contributed by atoms with Crippen LogP contribution >= 0.6 is 0 Å². The maximum absolute atomic E-state index is 12.2. The zero-order chi connectivity index (χ0) is 19.2. The average Bonchev–Trinajstić information content (AvgIpc) is 3.25. The fourth-order valence-corrected chi connectivity index (χ4v) is 2.62. The number of carbonyl (C=O) groups excluding carboxylic acids is 1. The van der Waals surface area contributed by atoms with Crippen molar-refractivity contribution >= 4 is 5.91 Å². The Kier molecular flexibility index (Phi) is 5.80. The van der Waals surface area contributed by atoms with Gasteiger partial charge in [-0.1, -0.05) is 0 Å². The Morgan fingerprint density at radius 2 is 1.85 bits per heavy atom. The van der Waals surface area contributed by atoms with Crippen LogP contribution in [0.15, 0.2) is 47.0 Å². The third-order valence-corrected chi connectivity index (χ3v) is 3.96. The Labute approximate surface area is 157 Å². The van der Waals surface area contributed by atoms with E-state index in [1.54, 1.807) is 16.8 Å². The van der Waals surface area contributed by atoms with Crippen molar-refractivity contribution in [1.29, 1.82) is 0 Å². The topological polar surface area (TPSA) is 78.5 Å². The van der Waals surface area contributed by atoms with Crippen molar-refractivity contribution in [2.24, 2.45) is 7.05 Å². The van der Waals surface area contributed by atoms with Gasteiger partial charge in [0.2, 0.25) is 0 Å². The van der Waals surface area contributed by atoms with Crippen LogP contribution in [0.25, 0.3) is 0 Å². The molecule has 27 heavy (non-hydrogen) atoms. The van der Waals surface area contributed by atoms with E-state index in [2.05, 4.69) is 10.4 Å². The Balaban J connectivity index is 1.51. The lowest BCUT2D eigenvalue weighted by molar-refractivity contribution is 0.0919. The molecule has 2 aromatic heterocycles. The smallest absolute Gasteiger partial charge is 0.287 e. The van der Waals surface area contributed by atoms with Crippen LogP contribution in [0.2, 0.25) is 0 Å². The van der Waals surface area contributed by atoms with Crippen molar-refractivity contribution in [2.75, 3.05) is 6.61 Å². The second-order valence-corrected chi connectivity index (χ2v) is 6.06. The van der Waals surface area contributed by atoms with Gasteiger partial charge in [-0.05, 0) is 50.2 Å². The summed E-state index contributed by atoms with van der Waals surface area (Å²) in [5.74, 6) is 2.05. The summed E-state index contributed by atoms with van der Waals surface area (Å²) in [7, 11) is 1.85. The number of benzene rings is 1. The van der Waals surface area contributed by atoms with E-state index in [1.165, 1.54) is 0 Å². The average molecular weight is 369 g/mol. The minimum atomic E-state index is -0.273. The molecule has 0 saturated carbocycles. The first-order valence-electron chi connectivity index (χ1n) is 8.77. The summed E-state index contributed by atoms with van der Waals surface area (Å²) in [6.07, 6.45) is 1.88. The van der Waals surface area contributed by atoms with Crippen molar-refractivity contribution in [1.82, 2.24) is 15.1 Å². The lowest BCUT2D eigenvalue weighted by Gasteiger charge is -2.06. The molecule has 0 saturated heterocycles. The number of aromatic nitrogens is 2. The monoisotopic (exact) mass is 369 g/mol. The lowest BCUT2D eigenvalue weighted by Crippen LogP contribution is -2.22. The highest BCUT2D eigenvalue weighted by atomic mass is 16.5. The van der Waals surface area contributed by atoms with Crippen molar-refractivity contribution < 1.29 is 18.7 Å². The highest BCUT2D eigenvalue weighted by molar-refractivity contribution is 5.91. The SMILES string of the molecule is CCOc1ccc(OCc2ccc(C(=O)NCc3cn(C)nc3C)o2)cc1. The molecule has 0 atom stereocenters. The number of nitrogens with zero attached hydrogens (tertiary/aromatic N) is 2. The van der Waals surface area contributed by atoms with Crippen LogP contribution in [0.1, 0.15) is 34.5 Å². The first-order chi connectivity index (χ1) is 13.0. The Bertz CT molecular complexity index is 896. The van der Waals surface area contributed by atoms with E-state index < -0.39 is 0 Å². The summed E-state index contributed by atoms with van der Waals surface area (Å²) in [5.41, 5.74) is 1.86.